The van der Waals surface area contributed by atoms with Crippen molar-refractivity contribution in [1.82, 2.24) is 15.2 Å². The molecule has 5 nitrogen and oxygen atoms in total. The molecule has 3 rings (SSSR count). The second-order valence-corrected chi connectivity index (χ2v) is 5.14. The van der Waals surface area contributed by atoms with Crippen molar-refractivity contribution in [3.8, 4) is 0 Å². The van der Waals surface area contributed by atoms with E-state index in [9.17, 15) is 4.79 Å². The predicted molar refractivity (Wildman–Crippen MR) is 68.1 cm³/mol. The van der Waals surface area contributed by atoms with Crippen LogP contribution in [0.5, 0.6) is 0 Å². The summed E-state index contributed by atoms with van der Waals surface area (Å²) >= 11 is 0. The Labute approximate surface area is 106 Å². The Morgan fingerprint density at radius 1 is 1.33 bits per heavy atom. The lowest BCUT2D eigenvalue weighted by Crippen LogP contribution is -2.24. The number of allylic oxidation sites excluding steroid dienone is 2. The summed E-state index contributed by atoms with van der Waals surface area (Å²) in [7, 11) is 0. The molecule has 0 bridgehead atoms. The highest BCUT2D eigenvalue weighted by Crippen LogP contribution is 2.34. The number of hydrogen-bond donors (Lipinski definition) is 2. The van der Waals surface area contributed by atoms with Gasteiger partial charge in [0.05, 0.1) is 0 Å². The van der Waals surface area contributed by atoms with Crippen LogP contribution in [-0.2, 0) is 4.79 Å². The van der Waals surface area contributed by atoms with Gasteiger partial charge in [0.15, 0.2) is 0 Å². The van der Waals surface area contributed by atoms with Gasteiger partial charge >= 0.3 is 0 Å². The van der Waals surface area contributed by atoms with E-state index < -0.39 is 0 Å². The number of nitrogens with one attached hydrogen (secondary N) is 2. The summed E-state index contributed by atoms with van der Waals surface area (Å²) < 4.78 is 0. The Morgan fingerprint density at radius 2 is 2.22 bits per heavy atom. The van der Waals surface area contributed by atoms with E-state index >= 15 is 0 Å². The smallest absolute Gasteiger partial charge is 0.248 e. The van der Waals surface area contributed by atoms with Gasteiger partial charge in [0.1, 0.15) is 5.82 Å². The zero-order chi connectivity index (χ0) is 12.4. The lowest BCUT2D eigenvalue weighted by Gasteiger charge is -2.22. The molecule has 0 unspecified atom stereocenters. The maximum Gasteiger partial charge on any atom is 0.248 e. The molecule has 2 N–H and O–H groups in total. The fourth-order valence-electron chi connectivity index (χ4n) is 2.44. The highest BCUT2D eigenvalue weighted by Gasteiger charge is 2.24. The van der Waals surface area contributed by atoms with E-state index in [2.05, 4.69) is 32.7 Å². The Morgan fingerprint density at radius 3 is 2.89 bits per heavy atom. The topological polar surface area (TPSA) is 70.7 Å². The van der Waals surface area contributed by atoms with Crippen LogP contribution in [0.1, 0.15) is 50.3 Å². The zero-order valence-electron chi connectivity index (χ0n) is 10.4. The van der Waals surface area contributed by atoms with Crippen LogP contribution >= 0.6 is 0 Å². The van der Waals surface area contributed by atoms with E-state index in [1.165, 1.54) is 19.3 Å². The molecule has 1 heterocycles. The molecule has 1 aromatic heterocycles. The van der Waals surface area contributed by atoms with Crippen LogP contribution < -0.4 is 5.32 Å². The van der Waals surface area contributed by atoms with Gasteiger partial charge < -0.3 is 0 Å². The summed E-state index contributed by atoms with van der Waals surface area (Å²) in [6.45, 7) is 0. The van der Waals surface area contributed by atoms with Crippen LogP contribution in [0, 0.1) is 5.92 Å². The number of anilines is 1. The van der Waals surface area contributed by atoms with Crippen LogP contribution in [0.4, 0.5) is 5.95 Å². The fourth-order valence-corrected chi connectivity index (χ4v) is 2.44. The Bertz CT molecular complexity index is 461. The van der Waals surface area contributed by atoms with Crippen molar-refractivity contribution in [3.63, 3.8) is 0 Å². The number of aromatic amines is 1. The molecule has 1 saturated carbocycles. The maximum absolute atomic E-state index is 12.0. The van der Waals surface area contributed by atoms with Gasteiger partial charge in [-0.15, -0.1) is 5.10 Å². The molecule has 0 aromatic carbocycles. The summed E-state index contributed by atoms with van der Waals surface area (Å²) in [5, 5.41) is 9.80. The molecule has 1 amide bonds. The van der Waals surface area contributed by atoms with Crippen molar-refractivity contribution in [1.29, 1.82) is 0 Å². The Hall–Kier alpha value is -1.65. The molecule has 1 atom stereocenters. The summed E-state index contributed by atoms with van der Waals surface area (Å²) in [6, 6.07) is 0. The van der Waals surface area contributed by atoms with E-state index in [1.54, 1.807) is 0 Å². The molecule has 18 heavy (non-hydrogen) atoms. The molecule has 0 saturated heterocycles. The van der Waals surface area contributed by atoms with Crippen LogP contribution in [0.2, 0.25) is 0 Å². The van der Waals surface area contributed by atoms with Gasteiger partial charge in [-0.1, -0.05) is 18.6 Å². The molecular formula is C13H18N4O. The SMILES string of the molecule is O=C(Nc1n[nH]c(C2CCC2)n1)[C@@H]1CC=CCC1. The minimum absolute atomic E-state index is 0.0403. The molecule has 1 aromatic rings. The summed E-state index contributed by atoms with van der Waals surface area (Å²) in [5.74, 6) is 1.97. The Kier molecular flexibility index (Phi) is 3.13. The molecule has 0 radical (unpaired) electrons. The third-order valence-corrected chi connectivity index (χ3v) is 3.87. The second kappa shape index (κ2) is 4.92. The number of rotatable bonds is 3. The van der Waals surface area contributed by atoms with Crippen LogP contribution in [0.3, 0.4) is 0 Å². The first-order valence-corrected chi connectivity index (χ1v) is 6.71. The normalized spacial score (nSPS) is 23.7. The van der Waals surface area contributed by atoms with E-state index in [1.807, 2.05) is 0 Å². The average Bonchev–Trinajstić information content (AvgIpc) is 2.76. The lowest BCUT2D eigenvalue weighted by molar-refractivity contribution is -0.120. The van der Waals surface area contributed by atoms with Gasteiger partial charge in [-0.2, -0.15) is 4.98 Å². The number of carbonyl (C=O) groups is 1. The number of hydrogen-bond acceptors (Lipinski definition) is 3. The van der Waals surface area contributed by atoms with Gasteiger partial charge in [-0.25, -0.2) is 0 Å². The summed E-state index contributed by atoms with van der Waals surface area (Å²) in [4.78, 5) is 16.3. The lowest BCUT2D eigenvalue weighted by atomic mass is 9.85. The van der Waals surface area contributed by atoms with Gasteiger partial charge in [0.25, 0.3) is 0 Å². The largest absolute Gasteiger partial charge is 0.293 e. The average molecular weight is 246 g/mol. The van der Waals surface area contributed by atoms with Gasteiger partial charge in [0, 0.05) is 11.8 Å². The molecule has 5 heteroatoms. The van der Waals surface area contributed by atoms with Crippen molar-refractivity contribution < 1.29 is 4.79 Å². The van der Waals surface area contributed by atoms with Gasteiger partial charge in [-0.3, -0.25) is 15.2 Å². The Balaban J connectivity index is 1.59. The monoisotopic (exact) mass is 246 g/mol. The highest BCUT2D eigenvalue weighted by atomic mass is 16.2. The first-order valence-electron chi connectivity index (χ1n) is 6.71. The fraction of sp³-hybridized carbons (Fsp3) is 0.615. The van der Waals surface area contributed by atoms with Crippen LogP contribution in [0.25, 0.3) is 0 Å². The minimum atomic E-state index is 0.0403. The summed E-state index contributed by atoms with van der Waals surface area (Å²) in [5.41, 5.74) is 0. The van der Waals surface area contributed by atoms with Gasteiger partial charge in [-0.05, 0) is 32.1 Å². The number of amides is 1. The van der Waals surface area contributed by atoms with Crippen molar-refractivity contribution in [2.45, 2.75) is 44.4 Å². The number of aromatic nitrogens is 3. The van der Waals surface area contributed by atoms with Gasteiger partial charge in [0.2, 0.25) is 11.9 Å². The molecule has 2 aliphatic rings. The van der Waals surface area contributed by atoms with E-state index in [0.29, 0.717) is 11.9 Å². The van der Waals surface area contributed by atoms with E-state index in [0.717, 1.165) is 25.1 Å². The summed E-state index contributed by atoms with van der Waals surface area (Å²) in [6.07, 6.45) is 10.6. The third-order valence-electron chi connectivity index (χ3n) is 3.87. The molecular weight excluding hydrogens is 228 g/mol. The molecule has 2 aliphatic carbocycles. The van der Waals surface area contributed by atoms with Crippen molar-refractivity contribution in [2.24, 2.45) is 5.92 Å². The molecule has 96 valence electrons. The standard InChI is InChI=1S/C13H18N4O/c18-12(10-5-2-1-3-6-10)15-13-14-11(16-17-13)9-7-4-8-9/h1-2,9-10H,3-8H2,(H2,14,15,16,17,18)/t10-/m1/s1. The second-order valence-electron chi connectivity index (χ2n) is 5.14. The first kappa shape index (κ1) is 11.4. The molecule has 1 fully saturated rings. The zero-order valence-corrected chi connectivity index (χ0v) is 10.4. The minimum Gasteiger partial charge on any atom is -0.293 e. The number of nitrogens with zero attached hydrogens (tertiary/aromatic N) is 2. The first-order chi connectivity index (χ1) is 8.83. The molecule has 0 spiro atoms. The van der Waals surface area contributed by atoms with E-state index in [4.69, 9.17) is 0 Å². The maximum atomic E-state index is 12.0. The predicted octanol–water partition coefficient (Wildman–Crippen LogP) is 2.37. The quantitative estimate of drug-likeness (QED) is 0.804. The van der Waals surface area contributed by atoms with Crippen molar-refractivity contribution in [3.05, 3.63) is 18.0 Å². The number of H-pyrrole nitrogens is 1. The third kappa shape index (κ3) is 2.30. The molecule has 0 aliphatic heterocycles. The van der Waals surface area contributed by atoms with Crippen molar-refractivity contribution in [2.75, 3.05) is 5.32 Å². The van der Waals surface area contributed by atoms with Crippen LogP contribution in [-0.4, -0.2) is 21.1 Å². The highest BCUT2D eigenvalue weighted by molar-refractivity contribution is 5.91. The number of carbonyl (C=O) groups excluding carboxylic acids is 1. The van der Waals surface area contributed by atoms with Crippen LogP contribution in [0.15, 0.2) is 12.2 Å². The van der Waals surface area contributed by atoms with Crippen molar-refractivity contribution >= 4 is 11.9 Å². The van der Waals surface area contributed by atoms with E-state index in [-0.39, 0.29) is 11.8 Å².